The van der Waals surface area contributed by atoms with Gasteiger partial charge in [0, 0.05) is 11.8 Å². The number of carbonyl (C=O) groups excluding carboxylic acids is 1. The monoisotopic (exact) mass is 573 g/mol. The first-order chi connectivity index (χ1) is 17.8. The minimum atomic E-state index is -0.255. The molecule has 0 rings (SSSR count). The molecule has 0 spiro atoms. The molecule has 4 heteroatoms. The molecule has 0 aliphatic heterocycles. The predicted molar refractivity (Wildman–Crippen MR) is 162 cm³/mol. The fourth-order valence-corrected chi connectivity index (χ4v) is 5.61. The summed E-state index contributed by atoms with van der Waals surface area (Å²) in [6.07, 6.45) is 40.9. The lowest BCUT2D eigenvalue weighted by atomic mass is 10.0. The Bertz CT molecular complexity index is 419. The molecule has 216 valence electrons. The number of hydrogen-bond donors (Lipinski definition) is 2. The first-order valence-electron chi connectivity index (χ1n) is 16.3. The van der Waals surface area contributed by atoms with Gasteiger partial charge in [0.05, 0.1) is 0 Å². The molecular weight excluding hydrogens is 510 g/mol. The average molecular weight is 575 g/mol. The molecule has 0 aliphatic rings. The summed E-state index contributed by atoms with van der Waals surface area (Å²) < 4.78 is 0. The zero-order valence-corrected chi connectivity index (χ0v) is 25.7. The third-order valence-electron chi connectivity index (χ3n) is 7.66. The SMILES string of the molecule is O=C(CCCCCCCCCCCCCCCCCCCCCCCCCCCCCCCBr)NO. The molecule has 0 heterocycles. The number of nitrogens with one attached hydrogen (secondary N) is 1. The molecule has 0 aromatic rings. The predicted octanol–water partition coefficient (Wildman–Crippen LogP) is 11.6. The zero-order chi connectivity index (χ0) is 26.2. The molecule has 3 nitrogen and oxygen atoms in total. The largest absolute Gasteiger partial charge is 0.289 e. The van der Waals surface area contributed by atoms with Crippen LogP contribution in [0.25, 0.3) is 0 Å². The minimum absolute atomic E-state index is 0.255. The maximum atomic E-state index is 10.9. The Labute approximate surface area is 234 Å². The number of halogens is 1. The second kappa shape index (κ2) is 32.9. The number of alkyl halides is 1. The fraction of sp³-hybridized carbons (Fsp3) is 0.969. The Balaban J connectivity index is 3.03. The van der Waals surface area contributed by atoms with E-state index in [1.807, 2.05) is 0 Å². The number of carbonyl (C=O) groups is 1. The number of rotatable bonds is 31. The highest BCUT2D eigenvalue weighted by atomic mass is 79.9. The molecule has 0 aliphatic carbocycles. The maximum absolute atomic E-state index is 10.9. The Morgan fingerprint density at radius 2 is 0.583 bits per heavy atom. The lowest BCUT2D eigenvalue weighted by Crippen LogP contribution is -2.17. The van der Waals surface area contributed by atoms with Gasteiger partial charge < -0.3 is 0 Å². The Kier molecular flexibility index (Phi) is 32.9. The summed E-state index contributed by atoms with van der Waals surface area (Å²) in [5, 5.41) is 9.62. The summed E-state index contributed by atoms with van der Waals surface area (Å²) in [6, 6.07) is 0. The van der Waals surface area contributed by atoms with Crippen molar-refractivity contribution in [2.24, 2.45) is 0 Å². The minimum Gasteiger partial charge on any atom is -0.289 e. The van der Waals surface area contributed by atoms with E-state index in [1.165, 1.54) is 179 Å². The van der Waals surface area contributed by atoms with E-state index in [0.717, 1.165) is 12.8 Å². The molecule has 0 unspecified atom stereocenters. The molecular formula is C32H64BrNO2. The summed E-state index contributed by atoms with van der Waals surface area (Å²) in [7, 11) is 0. The number of unbranched alkanes of at least 4 members (excludes halogenated alkanes) is 28. The van der Waals surface area contributed by atoms with Crippen LogP contribution in [0.15, 0.2) is 0 Å². The van der Waals surface area contributed by atoms with Crippen LogP contribution in [0.1, 0.15) is 193 Å². The zero-order valence-electron chi connectivity index (χ0n) is 24.2. The highest BCUT2D eigenvalue weighted by Crippen LogP contribution is 2.16. The van der Waals surface area contributed by atoms with Gasteiger partial charge in [0.15, 0.2) is 0 Å². The second-order valence-electron chi connectivity index (χ2n) is 11.2. The number of hydroxylamine groups is 1. The summed E-state index contributed by atoms with van der Waals surface area (Å²) in [6.45, 7) is 0. The molecule has 0 bridgehead atoms. The van der Waals surface area contributed by atoms with Gasteiger partial charge in [-0.1, -0.05) is 189 Å². The van der Waals surface area contributed by atoms with Crippen LogP contribution < -0.4 is 5.48 Å². The van der Waals surface area contributed by atoms with E-state index in [9.17, 15) is 4.79 Å². The van der Waals surface area contributed by atoms with Crippen molar-refractivity contribution in [2.75, 3.05) is 5.33 Å². The van der Waals surface area contributed by atoms with Crippen molar-refractivity contribution in [3.8, 4) is 0 Å². The smallest absolute Gasteiger partial charge is 0.243 e. The van der Waals surface area contributed by atoms with Crippen LogP contribution in [0, 0.1) is 0 Å². The van der Waals surface area contributed by atoms with Crippen molar-refractivity contribution in [3.63, 3.8) is 0 Å². The normalized spacial score (nSPS) is 11.3. The topological polar surface area (TPSA) is 49.3 Å². The molecule has 0 saturated heterocycles. The van der Waals surface area contributed by atoms with E-state index in [0.29, 0.717) is 6.42 Å². The summed E-state index contributed by atoms with van der Waals surface area (Å²) in [5.74, 6) is -0.255. The standard InChI is InChI=1S/C32H64BrNO2/c33-31-29-27-25-23-21-19-17-15-13-11-9-7-5-3-1-2-4-6-8-10-12-14-16-18-20-22-24-26-28-30-32(35)34-36/h36H,1-31H2,(H,34,35). The fourth-order valence-electron chi connectivity index (χ4n) is 5.21. The van der Waals surface area contributed by atoms with Gasteiger partial charge in [-0.2, -0.15) is 0 Å². The molecule has 2 N–H and O–H groups in total. The van der Waals surface area contributed by atoms with Gasteiger partial charge >= 0.3 is 0 Å². The average Bonchev–Trinajstić information content (AvgIpc) is 2.89. The van der Waals surface area contributed by atoms with E-state index in [1.54, 1.807) is 5.48 Å². The van der Waals surface area contributed by atoms with E-state index >= 15 is 0 Å². The van der Waals surface area contributed by atoms with Crippen LogP contribution in [0.4, 0.5) is 0 Å². The van der Waals surface area contributed by atoms with Crippen molar-refractivity contribution in [1.82, 2.24) is 5.48 Å². The van der Waals surface area contributed by atoms with Crippen LogP contribution >= 0.6 is 15.9 Å². The quantitative estimate of drug-likeness (QED) is 0.0374. The van der Waals surface area contributed by atoms with Crippen LogP contribution in [0.5, 0.6) is 0 Å². The summed E-state index contributed by atoms with van der Waals surface area (Å²) in [4.78, 5) is 10.9. The second-order valence-corrected chi connectivity index (χ2v) is 12.0. The van der Waals surface area contributed by atoms with E-state index in [4.69, 9.17) is 5.21 Å². The summed E-state index contributed by atoms with van der Waals surface area (Å²) in [5.41, 5.74) is 1.70. The highest BCUT2D eigenvalue weighted by Gasteiger charge is 1.99. The van der Waals surface area contributed by atoms with Crippen molar-refractivity contribution in [2.45, 2.75) is 193 Å². The van der Waals surface area contributed by atoms with Gasteiger partial charge in [-0.05, 0) is 12.8 Å². The molecule has 0 fully saturated rings. The number of amides is 1. The molecule has 0 aromatic heterocycles. The molecule has 0 atom stereocenters. The van der Waals surface area contributed by atoms with E-state index in [2.05, 4.69) is 15.9 Å². The maximum Gasteiger partial charge on any atom is 0.243 e. The lowest BCUT2D eigenvalue weighted by molar-refractivity contribution is -0.129. The first-order valence-corrected chi connectivity index (χ1v) is 17.4. The lowest BCUT2D eigenvalue weighted by Gasteiger charge is -2.04. The van der Waals surface area contributed by atoms with Crippen LogP contribution in [0.2, 0.25) is 0 Å². The van der Waals surface area contributed by atoms with Gasteiger partial charge in [0.25, 0.3) is 0 Å². The third kappa shape index (κ3) is 31.9. The van der Waals surface area contributed by atoms with Crippen molar-refractivity contribution < 1.29 is 10.0 Å². The Hall–Kier alpha value is -0.0900. The molecule has 36 heavy (non-hydrogen) atoms. The molecule has 0 radical (unpaired) electrons. The number of hydrogen-bond acceptors (Lipinski definition) is 2. The van der Waals surface area contributed by atoms with E-state index in [-0.39, 0.29) is 5.91 Å². The molecule has 1 amide bonds. The molecule has 0 saturated carbocycles. The highest BCUT2D eigenvalue weighted by molar-refractivity contribution is 9.09. The van der Waals surface area contributed by atoms with Crippen molar-refractivity contribution >= 4 is 21.8 Å². The van der Waals surface area contributed by atoms with Gasteiger partial charge in [0.1, 0.15) is 0 Å². The molecule has 0 aromatic carbocycles. The van der Waals surface area contributed by atoms with Crippen molar-refractivity contribution in [1.29, 1.82) is 0 Å². The van der Waals surface area contributed by atoms with Gasteiger partial charge in [0.2, 0.25) is 5.91 Å². The van der Waals surface area contributed by atoms with E-state index < -0.39 is 0 Å². The van der Waals surface area contributed by atoms with Gasteiger partial charge in [-0.25, -0.2) is 5.48 Å². The third-order valence-corrected chi connectivity index (χ3v) is 8.22. The van der Waals surface area contributed by atoms with Crippen LogP contribution in [-0.4, -0.2) is 16.4 Å². The van der Waals surface area contributed by atoms with Crippen LogP contribution in [0.3, 0.4) is 0 Å². The van der Waals surface area contributed by atoms with Crippen LogP contribution in [-0.2, 0) is 4.79 Å². The van der Waals surface area contributed by atoms with Gasteiger partial charge in [-0.15, -0.1) is 0 Å². The Morgan fingerprint density at radius 1 is 0.389 bits per heavy atom. The Morgan fingerprint density at radius 3 is 0.778 bits per heavy atom. The van der Waals surface area contributed by atoms with Gasteiger partial charge in [-0.3, -0.25) is 10.0 Å². The summed E-state index contributed by atoms with van der Waals surface area (Å²) >= 11 is 3.51. The van der Waals surface area contributed by atoms with Crippen molar-refractivity contribution in [3.05, 3.63) is 0 Å². The first kappa shape index (κ1) is 35.9.